The van der Waals surface area contributed by atoms with Gasteiger partial charge in [0.15, 0.2) is 5.92 Å². The lowest BCUT2D eigenvalue weighted by molar-refractivity contribution is -0.155. The van der Waals surface area contributed by atoms with Crippen molar-refractivity contribution in [3.63, 3.8) is 0 Å². The summed E-state index contributed by atoms with van der Waals surface area (Å²) in [4.78, 5) is 33.6. The summed E-state index contributed by atoms with van der Waals surface area (Å²) in [6.07, 6.45) is 7.04. The number of para-hydroxylation sites is 2. The van der Waals surface area contributed by atoms with Crippen molar-refractivity contribution in [3.05, 3.63) is 72.3 Å². The molecule has 1 aliphatic heterocycles. The van der Waals surface area contributed by atoms with Gasteiger partial charge in [-0.1, -0.05) is 54.6 Å². The number of imidazole rings is 1. The molecule has 0 spiro atoms. The smallest absolute Gasteiger partial charge is 0.320 e. The van der Waals surface area contributed by atoms with Gasteiger partial charge in [-0.15, -0.1) is 0 Å². The zero-order valence-corrected chi connectivity index (χ0v) is 18.2. The summed E-state index contributed by atoms with van der Waals surface area (Å²) in [6, 6.07) is 17.4. The summed E-state index contributed by atoms with van der Waals surface area (Å²) >= 11 is 0. The number of anilines is 1. The second kappa shape index (κ2) is 8.61. The predicted molar refractivity (Wildman–Crippen MR) is 123 cm³/mol. The zero-order chi connectivity index (χ0) is 22.1. The quantitative estimate of drug-likeness (QED) is 0.336. The normalized spacial score (nSPS) is 22.7. The van der Waals surface area contributed by atoms with E-state index in [4.69, 9.17) is 9.72 Å². The molecule has 2 heterocycles. The fourth-order valence-electron chi connectivity index (χ4n) is 5.07. The summed E-state index contributed by atoms with van der Waals surface area (Å²) in [5.41, 5.74) is 2.76. The number of rotatable bonds is 5. The van der Waals surface area contributed by atoms with Gasteiger partial charge in [0.2, 0.25) is 11.9 Å². The van der Waals surface area contributed by atoms with Crippen LogP contribution in [0.15, 0.2) is 66.7 Å². The zero-order valence-electron chi connectivity index (χ0n) is 18.2. The number of nitrogens with zero attached hydrogens (tertiary/aromatic N) is 3. The average molecular weight is 430 g/mol. The Morgan fingerprint density at radius 2 is 1.88 bits per heavy atom. The molecule has 1 amide bonds. The van der Waals surface area contributed by atoms with Crippen molar-refractivity contribution in [3.8, 4) is 0 Å². The third kappa shape index (κ3) is 3.49. The van der Waals surface area contributed by atoms with Gasteiger partial charge in [-0.05, 0) is 49.8 Å². The van der Waals surface area contributed by atoms with Gasteiger partial charge in [0.1, 0.15) is 0 Å². The Bertz CT molecular complexity index is 1170. The van der Waals surface area contributed by atoms with Crippen molar-refractivity contribution in [2.24, 2.45) is 11.8 Å². The Morgan fingerprint density at radius 1 is 1.09 bits per heavy atom. The molecule has 0 N–H and O–H groups in total. The fourth-order valence-corrected chi connectivity index (χ4v) is 5.07. The van der Waals surface area contributed by atoms with E-state index in [2.05, 4.69) is 16.7 Å². The van der Waals surface area contributed by atoms with Crippen LogP contribution in [-0.4, -0.2) is 28.0 Å². The number of esters is 1. The van der Waals surface area contributed by atoms with Crippen LogP contribution in [0.4, 0.5) is 5.95 Å². The lowest BCUT2D eigenvalue weighted by Gasteiger charge is -2.41. The van der Waals surface area contributed by atoms with Crippen molar-refractivity contribution >= 4 is 28.9 Å². The monoisotopic (exact) mass is 429 g/mol. The van der Waals surface area contributed by atoms with Crippen molar-refractivity contribution in [2.75, 3.05) is 11.5 Å². The van der Waals surface area contributed by atoms with Crippen LogP contribution >= 0.6 is 0 Å². The number of benzene rings is 2. The molecule has 5 rings (SSSR count). The molecule has 3 atom stereocenters. The van der Waals surface area contributed by atoms with E-state index in [1.807, 2.05) is 54.6 Å². The molecule has 2 aliphatic rings. The number of ether oxygens (including phenoxy) is 1. The van der Waals surface area contributed by atoms with Crippen LogP contribution < -0.4 is 4.90 Å². The number of carbonyl (C=O) groups excluding carboxylic acids is 2. The van der Waals surface area contributed by atoms with Crippen molar-refractivity contribution in [1.82, 2.24) is 9.55 Å². The van der Waals surface area contributed by atoms with Crippen LogP contribution in [-0.2, 0) is 20.9 Å². The number of carbonyl (C=O) groups is 2. The van der Waals surface area contributed by atoms with Crippen LogP contribution in [0.2, 0.25) is 0 Å². The van der Waals surface area contributed by atoms with Crippen LogP contribution in [0.25, 0.3) is 11.0 Å². The van der Waals surface area contributed by atoms with Crippen molar-refractivity contribution < 1.29 is 14.3 Å². The minimum atomic E-state index is -0.889. The molecule has 164 valence electrons. The third-order valence-electron chi connectivity index (χ3n) is 6.51. The molecule has 2 aromatic carbocycles. The molecule has 3 aromatic rings. The largest absolute Gasteiger partial charge is 0.465 e. The van der Waals surface area contributed by atoms with Crippen LogP contribution in [0.5, 0.6) is 0 Å². The molecule has 1 aromatic heterocycles. The topological polar surface area (TPSA) is 64.4 Å². The molecule has 0 saturated carbocycles. The van der Waals surface area contributed by atoms with E-state index in [-0.39, 0.29) is 24.5 Å². The standard InChI is InChI=1S/C26H27N3O3/c1-2-32-25(31)22-23(19-13-7-4-8-14-19)29-21-16-10-9-15-20(21)27-26(29)28(24(22)30)17-18-11-5-3-6-12-18/h3-7,9-12,15-16,19,22-23H,2,8,13-14,17H2,1H3/t19-,22-,23+/m0/s1. The average Bonchev–Trinajstić information content (AvgIpc) is 3.21. The van der Waals surface area contributed by atoms with E-state index in [0.717, 1.165) is 35.9 Å². The molecule has 6 nitrogen and oxygen atoms in total. The summed E-state index contributed by atoms with van der Waals surface area (Å²) in [5.74, 6) is -0.790. The Kier molecular flexibility index (Phi) is 5.52. The molecule has 6 heteroatoms. The van der Waals surface area contributed by atoms with Gasteiger partial charge >= 0.3 is 5.97 Å². The van der Waals surface area contributed by atoms with Gasteiger partial charge in [0.05, 0.1) is 30.2 Å². The van der Waals surface area contributed by atoms with Gasteiger partial charge in [0.25, 0.3) is 0 Å². The molecular formula is C26H27N3O3. The van der Waals surface area contributed by atoms with E-state index in [1.165, 1.54) is 0 Å². The summed E-state index contributed by atoms with van der Waals surface area (Å²) in [7, 11) is 0. The van der Waals surface area contributed by atoms with Crippen LogP contribution in [0.3, 0.4) is 0 Å². The first-order valence-electron chi connectivity index (χ1n) is 11.3. The maximum Gasteiger partial charge on any atom is 0.320 e. The van der Waals surface area contributed by atoms with Gasteiger partial charge in [-0.25, -0.2) is 4.98 Å². The number of amides is 1. The van der Waals surface area contributed by atoms with Gasteiger partial charge < -0.3 is 9.30 Å². The van der Waals surface area contributed by atoms with Crippen LogP contribution in [0.1, 0.15) is 37.8 Å². The second-order valence-corrected chi connectivity index (χ2v) is 8.45. The fraction of sp³-hybridized carbons (Fsp3) is 0.346. The maximum atomic E-state index is 13.9. The molecule has 32 heavy (non-hydrogen) atoms. The second-order valence-electron chi connectivity index (χ2n) is 8.45. The maximum absolute atomic E-state index is 13.9. The van der Waals surface area contributed by atoms with E-state index < -0.39 is 11.9 Å². The number of fused-ring (bicyclic) bond motifs is 3. The minimum absolute atomic E-state index is 0.161. The first-order chi connectivity index (χ1) is 15.7. The molecule has 0 saturated heterocycles. The van der Waals surface area contributed by atoms with Crippen molar-refractivity contribution in [1.29, 1.82) is 0 Å². The molecule has 0 bridgehead atoms. The molecule has 0 fully saturated rings. The molecule has 0 radical (unpaired) electrons. The van der Waals surface area contributed by atoms with E-state index in [0.29, 0.717) is 12.5 Å². The number of allylic oxidation sites excluding steroid dienone is 2. The highest BCUT2D eigenvalue weighted by Crippen LogP contribution is 2.45. The first-order valence-corrected chi connectivity index (χ1v) is 11.3. The van der Waals surface area contributed by atoms with E-state index in [1.54, 1.807) is 11.8 Å². The predicted octanol–water partition coefficient (Wildman–Crippen LogP) is 4.66. The highest BCUT2D eigenvalue weighted by atomic mass is 16.5. The summed E-state index contributed by atoms with van der Waals surface area (Å²) in [6.45, 7) is 2.38. The Balaban J connectivity index is 1.69. The number of hydrogen-bond acceptors (Lipinski definition) is 4. The number of hydrogen-bond donors (Lipinski definition) is 0. The first kappa shape index (κ1) is 20.5. The highest BCUT2D eigenvalue weighted by Gasteiger charge is 2.49. The van der Waals surface area contributed by atoms with E-state index >= 15 is 0 Å². The SMILES string of the molecule is CCOC(=O)[C@@H]1C(=O)N(Cc2ccccc2)c2nc3ccccc3n2[C@@H]1[C@H]1CC=CCC1. The Hall–Kier alpha value is -3.41. The Morgan fingerprint density at radius 3 is 2.62 bits per heavy atom. The lowest BCUT2D eigenvalue weighted by Crippen LogP contribution is -2.51. The summed E-state index contributed by atoms with van der Waals surface area (Å²) < 4.78 is 7.57. The minimum Gasteiger partial charge on any atom is -0.465 e. The Labute approximate surface area is 187 Å². The highest BCUT2D eigenvalue weighted by molar-refractivity contribution is 6.08. The van der Waals surface area contributed by atoms with Gasteiger partial charge in [0, 0.05) is 0 Å². The molecule has 1 aliphatic carbocycles. The third-order valence-corrected chi connectivity index (χ3v) is 6.51. The van der Waals surface area contributed by atoms with Gasteiger partial charge in [-0.3, -0.25) is 14.5 Å². The lowest BCUT2D eigenvalue weighted by atomic mass is 9.79. The van der Waals surface area contributed by atoms with E-state index in [9.17, 15) is 9.59 Å². The number of aromatic nitrogens is 2. The van der Waals surface area contributed by atoms with Crippen molar-refractivity contribution in [2.45, 2.75) is 38.8 Å². The van der Waals surface area contributed by atoms with Crippen LogP contribution in [0, 0.1) is 11.8 Å². The summed E-state index contributed by atoms with van der Waals surface area (Å²) in [5, 5.41) is 0. The molecule has 0 unspecified atom stereocenters. The van der Waals surface area contributed by atoms with Gasteiger partial charge in [-0.2, -0.15) is 0 Å². The molecular weight excluding hydrogens is 402 g/mol.